The molecular weight excluding hydrogens is 452 g/mol. The van der Waals surface area contributed by atoms with Crippen LogP contribution in [0.5, 0.6) is 0 Å². The molecule has 1 N–H and O–H groups in total. The van der Waals surface area contributed by atoms with Gasteiger partial charge < -0.3 is 14.5 Å². The average molecular weight is 481 g/mol. The van der Waals surface area contributed by atoms with E-state index in [-0.39, 0.29) is 18.4 Å². The third-order valence-electron chi connectivity index (χ3n) is 6.23. The quantitative estimate of drug-likeness (QED) is 0.604. The lowest BCUT2D eigenvalue weighted by Crippen LogP contribution is -2.50. The summed E-state index contributed by atoms with van der Waals surface area (Å²) in [5, 5.41) is 7.97. The number of thiazole rings is 1. The molecule has 0 bridgehead atoms. The van der Waals surface area contributed by atoms with Gasteiger partial charge in [-0.1, -0.05) is 23.5 Å². The molecule has 0 aliphatic carbocycles. The SMILES string of the molecule is Cc1cc(C)n(CC(=O)N2CCN(c3ccccc3C(=O)Nc3nc4c(s3)COCC4)CC2)n1. The van der Waals surface area contributed by atoms with Crippen molar-refractivity contribution in [3.63, 3.8) is 0 Å². The number of anilines is 2. The Morgan fingerprint density at radius 1 is 1.15 bits per heavy atom. The number of hydrogen-bond donors (Lipinski definition) is 1. The second-order valence-corrected chi connectivity index (χ2v) is 9.70. The number of nitrogens with zero attached hydrogens (tertiary/aromatic N) is 5. The summed E-state index contributed by atoms with van der Waals surface area (Å²) >= 11 is 1.47. The predicted molar refractivity (Wildman–Crippen MR) is 130 cm³/mol. The molecule has 3 aromatic rings. The fraction of sp³-hybridized carbons (Fsp3) is 0.417. The van der Waals surface area contributed by atoms with Crippen molar-refractivity contribution in [1.29, 1.82) is 0 Å². The molecule has 5 rings (SSSR count). The summed E-state index contributed by atoms with van der Waals surface area (Å²) in [4.78, 5) is 35.6. The van der Waals surface area contributed by atoms with Crippen molar-refractivity contribution in [1.82, 2.24) is 19.7 Å². The highest BCUT2D eigenvalue weighted by atomic mass is 32.1. The third kappa shape index (κ3) is 4.69. The maximum absolute atomic E-state index is 13.1. The van der Waals surface area contributed by atoms with Crippen molar-refractivity contribution < 1.29 is 14.3 Å². The van der Waals surface area contributed by atoms with Gasteiger partial charge in [0.1, 0.15) is 6.54 Å². The Morgan fingerprint density at radius 3 is 2.68 bits per heavy atom. The Morgan fingerprint density at radius 2 is 1.94 bits per heavy atom. The Labute approximate surface area is 202 Å². The minimum absolute atomic E-state index is 0.0635. The molecule has 2 amide bonds. The van der Waals surface area contributed by atoms with Gasteiger partial charge in [0.25, 0.3) is 5.91 Å². The molecule has 1 aromatic carbocycles. The number of aromatic nitrogens is 3. The van der Waals surface area contributed by atoms with Crippen LogP contribution in [-0.2, 0) is 29.1 Å². The number of rotatable bonds is 5. The summed E-state index contributed by atoms with van der Waals surface area (Å²) in [6.45, 7) is 7.90. The van der Waals surface area contributed by atoms with Gasteiger partial charge in [0, 0.05) is 44.0 Å². The van der Waals surface area contributed by atoms with Gasteiger partial charge in [0.15, 0.2) is 5.13 Å². The fourth-order valence-electron chi connectivity index (χ4n) is 4.44. The van der Waals surface area contributed by atoms with Gasteiger partial charge in [-0.15, -0.1) is 0 Å². The maximum atomic E-state index is 13.1. The molecule has 2 aromatic heterocycles. The largest absolute Gasteiger partial charge is 0.375 e. The van der Waals surface area contributed by atoms with E-state index in [9.17, 15) is 9.59 Å². The zero-order valence-electron chi connectivity index (χ0n) is 19.4. The van der Waals surface area contributed by atoms with Crippen molar-refractivity contribution in [2.45, 2.75) is 33.4 Å². The molecule has 10 heteroatoms. The van der Waals surface area contributed by atoms with Gasteiger partial charge in [0.2, 0.25) is 5.91 Å². The Kier molecular flexibility index (Phi) is 6.34. The molecular formula is C24H28N6O3S. The lowest BCUT2D eigenvalue weighted by Gasteiger charge is -2.36. The number of piperazine rings is 1. The highest BCUT2D eigenvalue weighted by Crippen LogP contribution is 2.29. The average Bonchev–Trinajstić information content (AvgIpc) is 3.40. The number of nitrogens with one attached hydrogen (secondary N) is 1. The van der Waals surface area contributed by atoms with Crippen LogP contribution in [-0.4, -0.2) is 64.3 Å². The number of carbonyl (C=O) groups excluding carboxylic acids is 2. The second kappa shape index (κ2) is 9.55. The van der Waals surface area contributed by atoms with Crippen molar-refractivity contribution in [2.75, 3.05) is 43.0 Å². The summed E-state index contributed by atoms with van der Waals surface area (Å²) in [6.07, 6.45) is 0.779. The summed E-state index contributed by atoms with van der Waals surface area (Å²) in [5.74, 6) is -0.112. The standard InChI is InChI=1S/C24H28N6O3S/c1-16-13-17(2)30(27-16)14-22(31)29-10-8-28(9-11-29)20-6-4-3-5-18(20)23(32)26-24-25-19-7-12-33-15-21(19)34-24/h3-6,13H,7-12,14-15H2,1-2H3,(H,25,26,32). The maximum Gasteiger partial charge on any atom is 0.259 e. The molecule has 0 atom stereocenters. The number of benzene rings is 1. The van der Waals surface area contributed by atoms with E-state index < -0.39 is 0 Å². The van der Waals surface area contributed by atoms with Crippen LogP contribution < -0.4 is 10.2 Å². The Bertz CT molecular complexity index is 1190. The van der Waals surface area contributed by atoms with Crippen molar-refractivity contribution in [2.24, 2.45) is 0 Å². The first-order valence-electron chi connectivity index (χ1n) is 11.5. The van der Waals surface area contributed by atoms with Crippen molar-refractivity contribution in [3.05, 3.63) is 57.9 Å². The first kappa shape index (κ1) is 22.5. The van der Waals surface area contributed by atoms with E-state index in [1.165, 1.54) is 11.3 Å². The molecule has 2 aliphatic rings. The van der Waals surface area contributed by atoms with Crippen LogP contribution in [0.2, 0.25) is 0 Å². The number of aryl methyl sites for hydroxylation is 2. The molecule has 9 nitrogen and oxygen atoms in total. The van der Waals surface area contributed by atoms with Crippen LogP contribution in [0.4, 0.5) is 10.8 Å². The predicted octanol–water partition coefficient (Wildman–Crippen LogP) is 2.63. The van der Waals surface area contributed by atoms with E-state index in [2.05, 4.69) is 20.3 Å². The number of ether oxygens (including phenoxy) is 1. The topological polar surface area (TPSA) is 92.6 Å². The molecule has 0 radical (unpaired) electrons. The van der Waals surface area contributed by atoms with Gasteiger partial charge in [0.05, 0.1) is 35.0 Å². The van der Waals surface area contributed by atoms with Crippen molar-refractivity contribution >= 4 is 34.0 Å². The summed E-state index contributed by atoms with van der Waals surface area (Å²) in [5.41, 5.74) is 4.39. The first-order valence-corrected chi connectivity index (χ1v) is 12.3. The van der Waals surface area contributed by atoms with Crippen LogP contribution >= 0.6 is 11.3 Å². The normalized spacial score (nSPS) is 15.8. The highest BCUT2D eigenvalue weighted by molar-refractivity contribution is 7.15. The molecule has 0 spiro atoms. The van der Waals surface area contributed by atoms with E-state index in [1.807, 2.05) is 49.1 Å². The molecule has 0 unspecified atom stereocenters. The molecule has 2 aliphatic heterocycles. The Balaban J connectivity index is 1.23. The van der Waals surface area contributed by atoms with E-state index in [0.717, 1.165) is 34.1 Å². The zero-order valence-corrected chi connectivity index (χ0v) is 20.2. The number of hydrogen-bond acceptors (Lipinski definition) is 7. The molecule has 1 saturated heterocycles. The lowest BCUT2D eigenvalue weighted by molar-refractivity contribution is -0.132. The number of fused-ring (bicyclic) bond motifs is 1. The minimum atomic E-state index is -0.175. The molecule has 4 heterocycles. The van der Waals surface area contributed by atoms with Crippen LogP contribution in [0.25, 0.3) is 0 Å². The summed E-state index contributed by atoms with van der Waals surface area (Å²) in [6, 6.07) is 9.58. The number of para-hydroxylation sites is 1. The van der Waals surface area contributed by atoms with Gasteiger partial charge in [-0.2, -0.15) is 5.10 Å². The first-order chi connectivity index (χ1) is 16.5. The monoisotopic (exact) mass is 480 g/mol. The molecule has 34 heavy (non-hydrogen) atoms. The smallest absolute Gasteiger partial charge is 0.259 e. The van der Waals surface area contributed by atoms with E-state index in [4.69, 9.17) is 4.74 Å². The fourth-order valence-corrected chi connectivity index (χ4v) is 5.39. The summed E-state index contributed by atoms with van der Waals surface area (Å²) in [7, 11) is 0. The van der Waals surface area contributed by atoms with Gasteiger partial charge in [-0.3, -0.25) is 19.6 Å². The third-order valence-corrected chi connectivity index (χ3v) is 7.21. The number of amides is 2. The van der Waals surface area contributed by atoms with Crippen LogP contribution in [0.1, 0.15) is 32.3 Å². The van der Waals surface area contributed by atoms with Crippen molar-refractivity contribution in [3.8, 4) is 0 Å². The van der Waals surface area contributed by atoms with E-state index >= 15 is 0 Å². The highest BCUT2D eigenvalue weighted by Gasteiger charge is 2.25. The second-order valence-electron chi connectivity index (χ2n) is 8.62. The molecule has 178 valence electrons. The van der Waals surface area contributed by atoms with Crippen LogP contribution in [0.15, 0.2) is 30.3 Å². The van der Waals surface area contributed by atoms with Gasteiger partial charge >= 0.3 is 0 Å². The summed E-state index contributed by atoms with van der Waals surface area (Å²) < 4.78 is 7.24. The van der Waals surface area contributed by atoms with Crippen LogP contribution in [0, 0.1) is 13.8 Å². The minimum Gasteiger partial charge on any atom is -0.375 e. The van der Waals surface area contributed by atoms with Crippen LogP contribution in [0.3, 0.4) is 0 Å². The number of carbonyl (C=O) groups is 2. The van der Waals surface area contributed by atoms with E-state index in [1.54, 1.807) is 4.68 Å². The molecule has 1 fully saturated rings. The molecule has 0 saturated carbocycles. The zero-order chi connectivity index (χ0) is 23.7. The van der Waals surface area contributed by atoms with Gasteiger partial charge in [-0.05, 0) is 32.0 Å². The lowest BCUT2D eigenvalue weighted by atomic mass is 10.1. The Hall–Kier alpha value is -3.24. The van der Waals surface area contributed by atoms with Gasteiger partial charge in [-0.25, -0.2) is 4.98 Å². The van der Waals surface area contributed by atoms with E-state index in [0.29, 0.717) is 50.1 Å².